The number of carbonyl (C=O) groups is 1. The quantitative estimate of drug-likeness (QED) is 0.371. The summed E-state index contributed by atoms with van der Waals surface area (Å²) in [6.07, 6.45) is 1.03. The van der Waals surface area contributed by atoms with Gasteiger partial charge in [-0.25, -0.2) is 0 Å². The minimum Gasteiger partial charge on any atom is -0.489 e. The number of carbonyl (C=O) groups excluding carboxylic acids is 1. The second kappa shape index (κ2) is 10.4. The predicted molar refractivity (Wildman–Crippen MR) is 137 cm³/mol. The molecule has 176 valence electrons. The number of H-pyrrole nitrogens is 1. The Morgan fingerprint density at radius 1 is 1.00 bits per heavy atom. The van der Waals surface area contributed by atoms with Crippen molar-refractivity contribution in [1.29, 1.82) is 0 Å². The minimum atomic E-state index is -0.482. The van der Waals surface area contributed by atoms with Crippen LogP contribution in [-0.2, 0) is 6.61 Å². The Bertz CT molecular complexity index is 1270. The summed E-state index contributed by atoms with van der Waals surface area (Å²) in [6.45, 7) is 2.37. The molecule has 34 heavy (non-hydrogen) atoms. The highest BCUT2D eigenvalue weighted by Crippen LogP contribution is 2.34. The number of fused-ring (bicyclic) bond motifs is 1. The Kier molecular flexibility index (Phi) is 7.13. The number of aromatic nitrogens is 2. The molecular formula is C27H31N5O2. The molecule has 0 unspecified atom stereocenters. The zero-order valence-corrected chi connectivity index (χ0v) is 19.9. The number of rotatable bonds is 10. The molecule has 4 aromatic rings. The summed E-state index contributed by atoms with van der Waals surface area (Å²) in [5.74, 6) is 0.251. The lowest BCUT2D eigenvalue weighted by Gasteiger charge is -2.21. The summed E-state index contributed by atoms with van der Waals surface area (Å²) in [5, 5.41) is 8.49. The van der Waals surface area contributed by atoms with E-state index in [2.05, 4.69) is 41.1 Å². The van der Waals surface area contributed by atoms with Crippen LogP contribution in [0.3, 0.4) is 0 Å². The van der Waals surface area contributed by atoms with Crippen molar-refractivity contribution in [3.8, 4) is 17.0 Å². The molecule has 3 aromatic carbocycles. The van der Waals surface area contributed by atoms with Crippen LogP contribution in [0.15, 0.2) is 66.7 Å². The number of amides is 1. The van der Waals surface area contributed by atoms with Crippen molar-refractivity contribution in [3.05, 3.63) is 77.9 Å². The number of aromatic amines is 1. The molecule has 0 aliphatic heterocycles. The average molecular weight is 458 g/mol. The summed E-state index contributed by atoms with van der Waals surface area (Å²) in [4.78, 5) is 16.6. The number of hydrogen-bond donors (Lipinski definition) is 2. The lowest BCUT2D eigenvalue weighted by molar-refractivity contribution is 0.100. The van der Waals surface area contributed by atoms with Gasteiger partial charge in [0.25, 0.3) is 0 Å². The molecule has 1 aromatic heterocycles. The molecule has 1 heterocycles. The molecule has 7 nitrogen and oxygen atoms in total. The topological polar surface area (TPSA) is 87.5 Å². The normalized spacial score (nSPS) is 11.2. The smallest absolute Gasteiger partial charge is 0.249 e. The van der Waals surface area contributed by atoms with Crippen LogP contribution in [0.5, 0.6) is 5.75 Å². The monoisotopic (exact) mass is 457 g/mol. The van der Waals surface area contributed by atoms with Crippen molar-refractivity contribution in [2.75, 3.05) is 39.1 Å². The van der Waals surface area contributed by atoms with Crippen molar-refractivity contribution in [3.63, 3.8) is 0 Å². The fraction of sp³-hybridized carbons (Fsp3) is 0.259. The SMILES string of the molecule is CN(C)CCCN(C)c1ccc(C(N)=O)c(-c2n[nH]c3ccc(OCc4ccccc4)cc23)c1. The fourth-order valence-electron chi connectivity index (χ4n) is 3.96. The van der Waals surface area contributed by atoms with Gasteiger partial charge in [-0.15, -0.1) is 0 Å². The molecule has 7 heteroatoms. The number of anilines is 1. The number of nitrogens with one attached hydrogen (secondary N) is 1. The van der Waals surface area contributed by atoms with Crippen molar-refractivity contribution in [1.82, 2.24) is 15.1 Å². The molecule has 0 spiro atoms. The molecular weight excluding hydrogens is 426 g/mol. The van der Waals surface area contributed by atoms with E-state index in [1.807, 2.05) is 60.7 Å². The van der Waals surface area contributed by atoms with Gasteiger partial charge in [0.05, 0.1) is 5.52 Å². The molecule has 0 aliphatic rings. The zero-order valence-electron chi connectivity index (χ0n) is 19.9. The second-order valence-electron chi connectivity index (χ2n) is 8.73. The van der Waals surface area contributed by atoms with Gasteiger partial charge >= 0.3 is 0 Å². The Balaban J connectivity index is 1.65. The summed E-state index contributed by atoms with van der Waals surface area (Å²) in [7, 11) is 6.19. The molecule has 1 amide bonds. The number of primary amides is 1. The fourth-order valence-corrected chi connectivity index (χ4v) is 3.96. The van der Waals surface area contributed by atoms with Gasteiger partial charge in [-0.2, -0.15) is 5.10 Å². The maximum atomic E-state index is 12.2. The van der Waals surface area contributed by atoms with Gasteiger partial charge in [0.2, 0.25) is 5.91 Å². The number of ether oxygens (including phenoxy) is 1. The largest absolute Gasteiger partial charge is 0.489 e. The predicted octanol–water partition coefficient (Wildman–Crippen LogP) is 4.30. The summed E-state index contributed by atoms with van der Waals surface area (Å²) < 4.78 is 6.02. The molecule has 0 saturated carbocycles. The van der Waals surface area contributed by atoms with Crippen LogP contribution >= 0.6 is 0 Å². The highest BCUT2D eigenvalue weighted by atomic mass is 16.5. The van der Waals surface area contributed by atoms with E-state index in [0.29, 0.717) is 23.4 Å². The standard InChI is InChI=1S/C27H31N5O2/c1-31(2)14-7-15-32(3)20-10-12-22(27(28)33)23(16-20)26-24-17-21(11-13-25(24)29-30-26)34-18-19-8-5-4-6-9-19/h4-6,8-13,16-17H,7,14-15,18H2,1-3H3,(H2,28,33)(H,29,30). The molecule has 0 atom stereocenters. The number of nitrogens with zero attached hydrogens (tertiary/aromatic N) is 3. The van der Waals surface area contributed by atoms with E-state index in [1.165, 1.54) is 0 Å². The lowest BCUT2D eigenvalue weighted by atomic mass is 10.00. The van der Waals surface area contributed by atoms with Gasteiger partial charge in [-0.1, -0.05) is 30.3 Å². The third-order valence-electron chi connectivity index (χ3n) is 5.85. The van der Waals surface area contributed by atoms with Crippen LogP contribution in [0.2, 0.25) is 0 Å². The number of nitrogens with two attached hydrogens (primary N) is 1. The molecule has 0 bridgehead atoms. The van der Waals surface area contributed by atoms with Crippen molar-refractivity contribution < 1.29 is 9.53 Å². The Morgan fingerprint density at radius 2 is 1.79 bits per heavy atom. The van der Waals surface area contributed by atoms with Gasteiger partial charge in [0.1, 0.15) is 18.1 Å². The van der Waals surface area contributed by atoms with E-state index < -0.39 is 5.91 Å². The Labute approximate surface area is 200 Å². The maximum absolute atomic E-state index is 12.2. The van der Waals surface area contributed by atoms with Crippen molar-refractivity contribution in [2.24, 2.45) is 5.73 Å². The van der Waals surface area contributed by atoms with Crippen LogP contribution in [-0.4, -0.2) is 55.2 Å². The molecule has 4 rings (SSSR count). The molecule has 0 radical (unpaired) electrons. The first-order chi connectivity index (χ1) is 16.4. The van der Waals surface area contributed by atoms with E-state index in [-0.39, 0.29) is 0 Å². The highest BCUT2D eigenvalue weighted by Gasteiger charge is 2.18. The Morgan fingerprint density at radius 3 is 2.53 bits per heavy atom. The zero-order chi connectivity index (χ0) is 24.1. The summed E-state index contributed by atoms with van der Waals surface area (Å²) in [5.41, 5.74) is 10.5. The molecule has 0 saturated heterocycles. The number of hydrogen-bond acceptors (Lipinski definition) is 5. The molecule has 0 fully saturated rings. The van der Waals surface area contributed by atoms with Crippen LogP contribution in [0.4, 0.5) is 5.69 Å². The highest BCUT2D eigenvalue weighted by molar-refractivity contribution is 6.04. The van der Waals surface area contributed by atoms with Gasteiger partial charge < -0.3 is 20.3 Å². The van der Waals surface area contributed by atoms with Crippen LogP contribution in [0.25, 0.3) is 22.2 Å². The third-order valence-corrected chi connectivity index (χ3v) is 5.85. The second-order valence-corrected chi connectivity index (χ2v) is 8.73. The van der Waals surface area contributed by atoms with E-state index in [1.54, 1.807) is 6.07 Å². The molecule has 3 N–H and O–H groups in total. The average Bonchev–Trinajstić information content (AvgIpc) is 3.26. The first-order valence-electron chi connectivity index (χ1n) is 11.4. The number of benzene rings is 3. The summed E-state index contributed by atoms with van der Waals surface area (Å²) >= 11 is 0. The van der Waals surface area contributed by atoms with E-state index in [0.717, 1.165) is 47.4 Å². The van der Waals surface area contributed by atoms with Gasteiger partial charge in [-0.3, -0.25) is 9.89 Å². The Hall–Kier alpha value is -3.84. The van der Waals surface area contributed by atoms with Crippen molar-refractivity contribution in [2.45, 2.75) is 13.0 Å². The van der Waals surface area contributed by atoms with E-state index >= 15 is 0 Å². The van der Waals surface area contributed by atoms with Gasteiger partial charge in [0, 0.05) is 35.8 Å². The van der Waals surface area contributed by atoms with E-state index in [4.69, 9.17) is 10.5 Å². The third kappa shape index (κ3) is 5.38. The van der Waals surface area contributed by atoms with Gasteiger partial charge in [0.15, 0.2) is 0 Å². The first-order valence-corrected chi connectivity index (χ1v) is 11.4. The molecule has 0 aliphatic carbocycles. The van der Waals surface area contributed by atoms with E-state index in [9.17, 15) is 4.79 Å². The van der Waals surface area contributed by atoms with Crippen LogP contribution < -0.4 is 15.4 Å². The first kappa shape index (κ1) is 23.3. The minimum absolute atomic E-state index is 0.439. The van der Waals surface area contributed by atoms with Crippen LogP contribution in [0, 0.1) is 0 Å². The summed E-state index contributed by atoms with van der Waals surface area (Å²) in [6, 6.07) is 21.5. The van der Waals surface area contributed by atoms with Crippen LogP contribution in [0.1, 0.15) is 22.3 Å². The lowest BCUT2D eigenvalue weighted by Crippen LogP contribution is -2.23. The van der Waals surface area contributed by atoms with Gasteiger partial charge in [-0.05, 0) is 69.0 Å². The van der Waals surface area contributed by atoms with Crippen molar-refractivity contribution >= 4 is 22.5 Å². The maximum Gasteiger partial charge on any atom is 0.249 e.